The molecule has 1 fully saturated rings. The van der Waals surface area contributed by atoms with Crippen LogP contribution in [0.5, 0.6) is 5.75 Å². The molecule has 1 aliphatic rings. The molecule has 0 atom stereocenters. The number of hydrogen-bond donors (Lipinski definition) is 3. The lowest BCUT2D eigenvalue weighted by molar-refractivity contribution is -0.274. The molecule has 0 bridgehead atoms. The van der Waals surface area contributed by atoms with Gasteiger partial charge in [-0.1, -0.05) is 26.0 Å². The van der Waals surface area contributed by atoms with E-state index < -0.39 is 18.3 Å². The van der Waals surface area contributed by atoms with Crippen molar-refractivity contribution in [3.05, 3.63) is 42.0 Å². The van der Waals surface area contributed by atoms with Gasteiger partial charge in [0.15, 0.2) is 0 Å². The molecule has 0 aliphatic carbocycles. The number of hydrogen-bond acceptors (Lipinski definition) is 5. The third kappa shape index (κ3) is 12.6. The second-order valence-corrected chi connectivity index (χ2v) is 7.51. The van der Waals surface area contributed by atoms with Gasteiger partial charge in [0.2, 0.25) is 0 Å². The molecule has 7 nitrogen and oxygen atoms in total. The lowest BCUT2D eigenvalue weighted by Gasteiger charge is -2.35. The van der Waals surface area contributed by atoms with E-state index in [0.717, 1.165) is 44.6 Å². The van der Waals surface area contributed by atoms with Crippen LogP contribution in [0.4, 0.5) is 13.2 Å². The van der Waals surface area contributed by atoms with Crippen LogP contribution in [0, 0.1) is 5.92 Å². The Balaban J connectivity index is 0.000000512. The summed E-state index contributed by atoms with van der Waals surface area (Å²) in [6, 6.07) is 6.74. The number of carboxylic acids is 2. The molecular formula is C21H29F3N2O5. The monoisotopic (exact) mass is 446 g/mol. The van der Waals surface area contributed by atoms with Crippen molar-refractivity contribution in [1.82, 2.24) is 10.2 Å². The van der Waals surface area contributed by atoms with Crippen LogP contribution in [-0.2, 0) is 16.1 Å². The van der Waals surface area contributed by atoms with Crippen molar-refractivity contribution in [2.75, 3.05) is 19.6 Å². The van der Waals surface area contributed by atoms with Gasteiger partial charge in [0, 0.05) is 31.3 Å². The maximum absolute atomic E-state index is 12.2. The van der Waals surface area contributed by atoms with Crippen LogP contribution in [0.2, 0.25) is 0 Å². The van der Waals surface area contributed by atoms with Crippen molar-refractivity contribution in [3.8, 4) is 5.75 Å². The fourth-order valence-electron chi connectivity index (χ4n) is 3.16. The minimum atomic E-state index is -4.64. The summed E-state index contributed by atoms with van der Waals surface area (Å²) in [6.07, 6.45) is -1.30. The Kier molecular flexibility index (Phi) is 11.1. The second kappa shape index (κ2) is 13.0. The lowest BCUT2D eigenvalue weighted by atomic mass is 10.0. The molecule has 10 heteroatoms. The summed E-state index contributed by atoms with van der Waals surface area (Å²) in [7, 11) is 0. The van der Waals surface area contributed by atoms with Crippen LogP contribution in [0.15, 0.2) is 36.4 Å². The van der Waals surface area contributed by atoms with E-state index in [1.165, 1.54) is 12.1 Å². The molecule has 0 amide bonds. The number of alkyl halides is 3. The maximum Gasteiger partial charge on any atom is 0.573 e. The molecule has 0 saturated carbocycles. The highest BCUT2D eigenvalue weighted by Crippen LogP contribution is 2.24. The van der Waals surface area contributed by atoms with Crippen molar-refractivity contribution in [3.63, 3.8) is 0 Å². The number of ether oxygens (including phenoxy) is 1. The third-order valence-corrected chi connectivity index (χ3v) is 4.34. The number of carboxylic acid groups (broad SMARTS) is 2. The van der Waals surface area contributed by atoms with Crippen LogP contribution < -0.4 is 10.1 Å². The van der Waals surface area contributed by atoms with Gasteiger partial charge in [-0.15, -0.1) is 13.2 Å². The van der Waals surface area contributed by atoms with E-state index in [-0.39, 0.29) is 5.75 Å². The summed E-state index contributed by atoms with van der Waals surface area (Å²) >= 11 is 0. The molecule has 1 aliphatic heterocycles. The van der Waals surface area contributed by atoms with Gasteiger partial charge in [0.1, 0.15) is 5.75 Å². The number of rotatable bonds is 8. The largest absolute Gasteiger partial charge is 0.573 e. The van der Waals surface area contributed by atoms with Crippen molar-refractivity contribution < 1.29 is 37.7 Å². The minimum absolute atomic E-state index is 0.168. The van der Waals surface area contributed by atoms with Gasteiger partial charge < -0.3 is 20.3 Å². The van der Waals surface area contributed by atoms with Crippen LogP contribution in [0.25, 0.3) is 0 Å². The van der Waals surface area contributed by atoms with Gasteiger partial charge in [0.25, 0.3) is 0 Å². The summed E-state index contributed by atoms with van der Waals surface area (Å²) in [6.45, 7) is 8.18. The standard InChI is InChI=1S/C17H25F3N2O.C4H4O4/c1-13(2)11-22(15-7-9-21-10-8-15)12-14-3-5-16(6-4-14)23-17(18,19)20;5-3(6)1-2-4(7)8/h3-6,13,15,21H,7-12H2,1-2H3;1-2H,(H,5,6)(H,7,8). The molecule has 1 saturated heterocycles. The molecule has 0 unspecified atom stereocenters. The summed E-state index contributed by atoms with van der Waals surface area (Å²) in [5.74, 6) is -2.13. The Hall–Kier alpha value is -2.59. The van der Waals surface area contributed by atoms with Crippen LogP contribution >= 0.6 is 0 Å². The number of piperidine rings is 1. The van der Waals surface area contributed by atoms with Gasteiger partial charge in [-0.2, -0.15) is 0 Å². The zero-order valence-corrected chi connectivity index (χ0v) is 17.6. The number of benzene rings is 1. The van der Waals surface area contributed by atoms with E-state index in [1.54, 1.807) is 12.1 Å². The van der Waals surface area contributed by atoms with E-state index >= 15 is 0 Å². The number of halogens is 3. The maximum atomic E-state index is 12.2. The molecular weight excluding hydrogens is 417 g/mol. The molecule has 0 aromatic heterocycles. The molecule has 1 heterocycles. The summed E-state index contributed by atoms with van der Waals surface area (Å²) in [5, 5.41) is 19.0. The van der Waals surface area contributed by atoms with E-state index in [0.29, 0.717) is 24.1 Å². The predicted molar refractivity (Wildman–Crippen MR) is 109 cm³/mol. The Morgan fingerprint density at radius 1 is 1.13 bits per heavy atom. The fraction of sp³-hybridized carbons (Fsp3) is 0.524. The molecule has 2 rings (SSSR count). The van der Waals surface area contributed by atoms with Crippen molar-refractivity contribution >= 4 is 11.9 Å². The summed E-state index contributed by atoms with van der Waals surface area (Å²) < 4.78 is 40.5. The Labute approximate surface area is 179 Å². The first-order valence-corrected chi connectivity index (χ1v) is 9.89. The summed E-state index contributed by atoms with van der Waals surface area (Å²) in [4.78, 5) is 21.6. The van der Waals surface area contributed by atoms with Crippen LogP contribution in [0.1, 0.15) is 32.3 Å². The predicted octanol–water partition coefficient (Wildman–Crippen LogP) is 3.51. The Morgan fingerprint density at radius 3 is 2.06 bits per heavy atom. The van der Waals surface area contributed by atoms with Gasteiger partial charge in [0.05, 0.1) is 0 Å². The molecule has 1 aromatic carbocycles. The van der Waals surface area contributed by atoms with Crippen molar-refractivity contribution in [2.24, 2.45) is 5.92 Å². The first-order chi connectivity index (χ1) is 14.5. The quantitative estimate of drug-likeness (QED) is 0.526. The number of carbonyl (C=O) groups is 2. The highest BCUT2D eigenvalue weighted by Gasteiger charge is 2.31. The SMILES string of the molecule is CC(C)CN(Cc1ccc(OC(F)(F)F)cc1)C1CCNCC1.O=C(O)C=CC(=O)O. The van der Waals surface area contributed by atoms with E-state index in [1.807, 2.05) is 0 Å². The Bertz CT molecular complexity index is 699. The summed E-state index contributed by atoms with van der Waals surface area (Å²) in [5.41, 5.74) is 1.01. The normalized spacial score (nSPS) is 15.1. The Morgan fingerprint density at radius 2 is 1.65 bits per heavy atom. The number of nitrogens with one attached hydrogen (secondary N) is 1. The van der Waals surface area contributed by atoms with E-state index in [4.69, 9.17) is 10.2 Å². The molecule has 174 valence electrons. The number of aliphatic carboxylic acids is 2. The first-order valence-electron chi connectivity index (χ1n) is 9.89. The average Bonchev–Trinajstić information content (AvgIpc) is 2.67. The highest BCUT2D eigenvalue weighted by atomic mass is 19.4. The third-order valence-electron chi connectivity index (χ3n) is 4.34. The van der Waals surface area contributed by atoms with E-state index in [9.17, 15) is 22.8 Å². The topological polar surface area (TPSA) is 99.1 Å². The lowest BCUT2D eigenvalue weighted by Crippen LogP contribution is -2.44. The molecule has 0 radical (unpaired) electrons. The molecule has 3 N–H and O–H groups in total. The second-order valence-electron chi connectivity index (χ2n) is 7.51. The van der Waals surface area contributed by atoms with Crippen LogP contribution in [-0.4, -0.2) is 59.1 Å². The number of nitrogens with zero attached hydrogens (tertiary/aromatic N) is 1. The molecule has 0 spiro atoms. The van der Waals surface area contributed by atoms with Gasteiger partial charge in [-0.25, -0.2) is 9.59 Å². The van der Waals surface area contributed by atoms with Gasteiger partial charge in [-0.05, 0) is 49.5 Å². The first kappa shape index (κ1) is 26.4. The van der Waals surface area contributed by atoms with Gasteiger partial charge in [-0.3, -0.25) is 4.90 Å². The highest BCUT2D eigenvalue weighted by molar-refractivity contribution is 5.89. The molecule has 31 heavy (non-hydrogen) atoms. The van der Waals surface area contributed by atoms with Crippen molar-refractivity contribution in [2.45, 2.75) is 45.6 Å². The smallest absolute Gasteiger partial charge is 0.478 e. The van der Waals surface area contributed by atoms with Crippen molar-refractivity contribution in [1.29, 1.82) is 0 Å². The van der Waals surface area contributed by atoms with E-state index in [2.05, 4.69) is 28.8 Å². The minimum Gasteiger partial charge on any atom is -0.478 e. The fourth-order valence-corrected chi connectivity index (χ4v) is 3.16. The van der Waals surface area contributed by atoms with Gasteiger partial charge >= 0.3 is 18.3 Å². The van der Waals surface area contributed by atoms with Crippen LogP contribution in [0.3, 0.4) is 0 Å². The zero-order chi connectivity index (χ0) is 23.4. The average molecular weight is 446 g/mol. The molecule has 1 aromatic rings. The zero-order valence-electron chi connectivity index (χ0n) is 17.6.